The third-order valence-electron chi connectivity index (χ3n) is 4.65. The van der Waals surface area contributed by atoms with Crippen molar-refractivity contribution >= 4 is 28.5 Å². The van der Waals surface area contributed by atoms with Crippen molar-refractivity contribution in [2.75, 3.05) is 0 Å². The Hall–Kier alpha value is -1.68. The average Bonchev–Trinajstić information content (AvgIpc) is 2.75. The number of aromatic nitrogens is 1. The van der Waals surface area contributed by atoms with Crippen LogP contribution in [0.2, 0.25) is 0 Å². The number of halogens is 1. The molecule has 24 heavy (non-hydrogen) atoms. The van der Waals surface area contributed by atoms with Gasteiger partial charge in [-0.15, -0.1) is 0 Å². The highest BCUT2D eigenvalue weighted by Gasteiger charge is 2.51. The predicted octanol–water partition coefficient (Wildman–Crippen LogP) is 3.68. The fourth-order valence-electron chi connectivity index (χ4n) is 2.51. The van der Waals surface area contributed by atoms with Crippen LogP contribution in [-0.2, 0) is 9.31 Å². The number of nitrogens with zero attached hydrogens (tertiary/aromatic N) is 2. The molecule has 4 nitrogen and oxygen atoms in total. The maximum atomic E-state index is 9.05. The molecule has 0 aliphatic carbocycles. The van der Waals surface area contributed by atoms with Crippen LogP contribution < -0.4 is 5.46 Å². The zero-order valence-corrected chi connectivity index (χ0v) is 15.7. The first-order valence-corrected chi connectivity index (χ1v) is 8.54. The maximum Gasteiger partial charge on any atom is 0.496 e. The summed E-state index contributed by atoms with van der Waals surface area (Å²) in [7, 11) is -0.446. The number of rotatable bonds is 2. The molecule has 1 aliphatic rings. The van der Waals surface area contributed by atoms with Gasteiger partial charge in [0.1, 0.15) is 0 Å². The Morgan fingerprint density at radius 3 is 2.38 bits per heavy atom. The fourth-order valence-corrected chi connectivity index (χ4v) is 3.10. The molecule has 1 aromatic heterocycles. The molecule has 0 saturated carbocycles. The van der Waals surface area contributed by atoms with Crippen LogP contribution in [0.3, 0.4) is 0 Å². The van der Waals surface area contributed by atoms with Crippen LogP contribution in [0.4, 0.5) is 0 Å². The average molecular weight is 385 g/mol. The van der Waals surface area contributed by atoms with Gasteiger partial charge in [0, 0.05) is 21.7 Å². The van der Waals surface area contributed by atoms with E-state index in [1.165, 1.54) is 0 Å². The van der Waals surface area contributed by atoms with Crippen LogP contribution >= 0.6 is 15.9 Å². The minimum atomic E-state index is -0.446. The minimum absolute atomic E-state index is 0.385. The van der Waals surface area contributed by atoms with Crippen molar-refractivity contribution in [2.45, 2.75) is 38.9 Å². The molecule has 0 unspecified atom stereocenters. The Morgan fingerprint density at radius 2 is 1.79 bits per heavy atom. The van der Waals surface area contributed by atoms with E-state index in [1.807, 2.05) is 52.0 Å². The molecule has 122 valence electrons. The Balaban J connectivity index is 1.93. The molecule has 1 aliphatic heterocycles. The van der Waals surface area contributed by atoms with Gasteiger partial charge in [-0.25, -0.2) is 0 Å². The molecule has 2 aromatic rings. The summed E-state index contributed by atoms with van der Waals surface area (Å²) >= 11 is 3.58. The van der Waals surface area contributed by atoms with E-state index >= 15 is 0 Å². The molecule has 0 radical (unpaired) electrons. The summed E-state index contributed by atoms with van der Waals surface area (Å²) in [5.74, 6) is 0. The van der Waals surface area contributed by atoms with E-state index in [2.05, 4.69) is 27.0 Å². The lowest BCUT2D eigenvalue weighted by Gasteiger charge is -2.32. The van der Waals surface area contributed by atoms with Gasteiger partial charge in [0.25, 0.3) is 0 Å². The fraction of sp³-hybridized carbons (Fsp3) is 0.333. The summed E-state index contributed by atoms with van der Waals surface area (Å²) in [4.78, 5) is 4.55. The van der Waals surface area contributed by atoms with Gasteiger partial charge in [0.15, 0.2) is 0 Å². The van der Waals surface area contributed by atoms with Gasteiger partial charge in [-0.3, -0.25) is 4.98 Å². The molecule has 1 aromatic carbocycles. The van der Waals surface area contributed by atoms with E-state index in [9.17, 15) is 0 Å². The summed E-state index contributed by atoms with van der Waals surface area (Å²) in [6.45, 7) is 8.10. The number of pyridine rings is 1. The van der Waals surface area contributed by atoms with Crippen LogP contribution in [0.25, 0.3) is 11.3 Å². The van der Waals surface area contributed by atoms with Crippen LogP contribution in [0.5, 0.6) is 0 Å². The van der Waals surface area contributed by atoms with E-state index in [-0.39, 0.29) is 11.2 Å². The van der Waals surface area contributed by atoms with Crippen molar-refractivity contribution in [3.05, 3.63) is 46.6 Å². The lowest BCUT2D eigenvalue weighted by Crippen LogP contribution is -2.41. The lowest BCUT2D eigenvalue weighted by molar-refractivity contribution is 0.00578. The second kappa shape index (κ2) is 6.00. The molecule has 0 amide bonds. The highest BCUT2D eigenvalue weighted by Crippen LogP contribution is 2.37. The second-order valence-corrected chi connectivity index (χ2v) is 7.73. The van der Waals surface area contributed by atoms with Gasteiger partial charge in [-0.2, -0.15) is 5.26 Å². The molecular weight excluding hydrogens is 367 g/mol. The molecule has 3 rings (SSSR count). The van der Waals surface area contributed by atoms with Gasteiger partial charge in [-0.05, 0) is 61.8 Å². The topological polar surface area (TPSA) is 55.1 Å². The molecule has 6 heteroatoms. The number of hydrogen-bond acceptors (Lipinski definition) is 4. The van der Waals surface area contributed by atoms with E-state index in [4.69, 9.17) is 14.6 Å². The standard InChI is InChI=1S/C18H18BBrN2O2/c1-17(2)18(3,4)24-19(23-17)14-9-15(20)16(22-11-14)13-7-5-6-12(8-13)10-21/h5-9,11H,1-4H3. The van der Waals surface area contributed by atoms with Gasteiger partial charge in [-0.1, -0.05) is 12.1 Å². The largest absolute Gasteiger partial charge is 0.496 e. The van der Waals surface area contributed by atoms with E-state index in [0.29, 0.717) is 5.56 Å². The summed E-state index contributed by atoms with van der Waals surface area (Å²) in [5, 5.41) is 9.05. The predicted molar refractivity (Wildman–Crippen MR) is 97.8 cm³/mol. The van der Waals surface area contributed by atoms with Crippen LogP contribution in [0.1, 0.15) is 33.3 Å². The molecule has 0 bridgehead atoms. The molecule has 1 saturated heterocycles. The van der Waals surface area contributed by atoms with Crippen LogP contribution in [-0.4, -0.2) is 23.3 Å². The number of benzene rings is 1. The van der Waals surface area contributed by atoms with Crippen molar-refractivity contribution in [1.29, 1.82) is 5.26 Å². The second-order valence-electron chi connectivity index (χ2n) is 6.88. The van der Waals surface area contributed by atoms with Gasteiger partial charge < -0.3 is 9.31 Å². The Bertz CT molecular complexity index is 814. The number of hydrogen-bond donors (Lipinski definition) is 0. The highest BCUT2D eigenvalue weighted by molar-refractivity contribution is 9.10. The zero-order valence-electron chi connectivity index (χ0n) is 14.1. The first-order valence-electron chi connectivity index (χ1n) is 7.75. The van der Waals surface area contributed by atoms with E-state index in [1.54, 1.807) is 12.3 Å². The van der Waals surface area contributed by atoms with Gasteiger partial charge in [0.2, 0.25) is 0 Å². The van der Waals surface area contributed by atoms with Crippen molar-refractivity contribution in [3.8, 4) is 17.3 Å². The summed E-state index contributed by atoms with van der Waals surface area (Å²) < 4.78 is 13.0. The molecule has 0 spiro atoms. The van der Waals surface area contributed by atoms with Crippen molar-refractivity contribution in [2.24, 2.45) is 0 Å². The Kier molecular flexibility index (Phi) is 4.29. The third kappa shape index (κ3) is 3.00. The number of nitriles is 1. The monoisotopic (exact) mass is 384 g/mol. The first-order chi connectivity index (χ1) is 11.2. The van der Waals surface area contributed by atoms with Crippen molar-refractivity contribution < 1.29 is 9.31 Å². The van der Waals surface area contributed by atoms with E-state index < -0.39 is 7.12 Å². The molecule has 0 N–H and O–H groups in total. The van der Waals surface area contributed by atoms with Gasteiger partial charge >= 0.3 is 7.12 Å². The summed E-state index contributed by atoms with van der Waals surface area (Å²) in [6.07, 6.45) is 1.77. The molecular formula is C18H18BBrN2O2. The lowest BCUT2D eigenvalue weighted by atomic mass is 9.80. The minimum Gasteiger partial charge on any atom is -0.399 e. The van der Waals surface area contributed by atoms with Crippen molar-refractivity contribution in [1.82, 2.24) is 4.98 Å². The molecule has 2 heterocycles. The van der Waals surface area contributed by atoms with Crippen LogP contribution in [0, 0.1) is 11.3 Å². The zero-order chi connectivity index (χ0) is 17.5. The van der Waals surface area contributed by atoms with E-state index in [0.717, 1.165) is 21.2 Å². The molecule has 0 atom stereocenters. The normalized spacial score (nSPS) is 18.4. The Morgan fingerprint density at radius 1 is 1.12 bits per heavy atom. The quantitative estimate of drug-likeness (QED) is 0.741. The smallest absolute Gasteiger partial charge is 0.399 e. The van der Waals surface area contributed by atoms with Gasteiger partial charge in [0.05, 0.1) is 28.5 Å². The van der Waals surface area contributed by atoms with Crippen molar-refractivity contribution in [3.63, 3.8) is 0 Å². The third-order valence-corrected chi connectivity index (χ3v) is 5.26. The highest BCUT2D eigenvalue weighted by atomic mass is 79.9. The maximum absolute atomic E-state index is 9.05. The summed E-state index contributed by atoms with van der Waals surface area (Å²) in [5.41, 5.74) is 2.37. The Labute approximate surface area is 151 Å². The first kappa shape index (κ1) is 17.2. The SMILES string of the molecule is CC1(C)OB(c2cnc(-c3cccc(C#N)c3)c(Br)c2)OC1(C)C. The summed E-state index contributed by atoms with van der Waals surface area (Å²) in [6, 6.07) is 11.5. The molecule has 1 fully saturated rings. The van der Waals surface area contributed by atoms with Crippen LogP contribution in [0.15, 0.2) is 41.0 Å².